The molecule has 1 aromatic heterocycles. The van der Waals surface area contributed by atoms with Gasteiger partial charge in [0.25, 0.3) is 0 Å². The Hall–Kier alpha value is -1.81. The largest absolute Gasteiger partial charge is 0.496 e. The first kappa shape index (κ1) is 11.3. The molecule has 2 aromatic carbocycles. The summed E-state index contributed by atoms with van der Waals surface area (Å²) in [5.74, 6) is 1.40. The molecule has 0 fully saturated rings. The van der Waals surface area contributed by atoms with Crippen molar-refractivity contribution in [2.75, 3.05) is 7.11 Å². The lowest BCUT2D eigenvalue weighted by molar-refractivity contribution is 0.412. The third-order valence-corrected chi connectivity index (χ3v) is 3.31. The molecule has 0 aliphatic heterocycles. The number of hydrogen-bond acceptors (Lipinski definition) is 3. The highest BCUT2D eigenvalue weighted by atomic mass is 79.9. The summed E-state index contributed by atoms with van der Waals surface area (Å²) in [6.07, 6.45) is 0. The molecule has 0 amide bonds. The second-order valence-corrected chi connectivity index (χ2v) is 4.69. The van der Waals surface area contributed by atoms with Crippen molar-refractivity contribution in [3.63, 3.8) is 0 Å². The maximum Gasteiger partial charge on any atom is 0.227 e. The maximum absolute atomic E-state index is 5.71. The van der Waals surface area contributed by atoms with E-state index in [1.54, 1.807) is 7.11 Å². The number of para-hydroxylation sites is 2. The molecule has 3 rings (SSSR count). The predicted octanol–water partition coefficient (Wildman–Crippen LogP) is 4.27. The van der Waals surface area contributed by atoms with Gasteiger partial charge < -0.3 is 9.15 Å². The van der Waals surface area contributed by atoms with Gasteiger partial charge in [-0.15, -0.1) is 0 Å². The molecule has 1 heterocycles. The summed E-state index contributed by atoms with van der Waals surface area (Å²) < 4.78 is 11.8. The van der Waals surface area contributed by atoms with E-state index in [0.29, 0.717) is 5.89 Å². The number of benzene rings is 2. The predicted molar refractivity (Wildman–Crippen MR) is 73.7 cm³/mol. The zero-order valence-electron chi connectivity index (χ0n) is 9.68. The molecule has 4 heteroatoms. The van der Waals surface area contributed by atoms with Crippen molar-refractivity contribution in [3.8, 4) is 17.2 Å². The summed E-state index contributed by atoms with van der Waals surface area (Å²) in [5.41, 5.74) is 2.57. The summed E-state index contributed by atoms with van der Waals surface area (Å²) in [5, 5.41) is 0. The lowest BCUT2D eigenvalue weighted by Gasteiger charge is -2.03. The van der Waals surface area contributed by atoms with Crippen LogP contribution >= 0.6 is 15.9 Å². The van der Waals surface area contributed by atoms with Crippen molar-refractivity contribution < 1.29 is 9.15 Å². The van der Waals surface area contributed by atoms with Crippen molar-refractivity contribution in [1.82, 2.24) is 4.98 Å². The third-order valence-electron chi connectivity index (χ3n) is 2.69. The molecular weight excluding hydrogens is 294 g/mol. The highest BCUT2D eigenvalue weighted by Gasteiger charge is 2.09. The monoisotopic (exact) mass is 303 g/mol. The van der Waals surface area contributed by atoms with Gasteiger partial charge in [0.15, 0.2) is 5.58 Å². The van der Waals surface area contributed by atoms with E-state index in [2.05, 4.69) is 20.9 Å². The third kappa shape index (κ3) is 1.88. The van der Waals surface area contributed by atoms with Crippen LogP contribution in [0.2, 0.25) is 0 Å². The van der Waals surface area contributed by atoms with Crippen LogP contribution < -0.4 is 4.74 Å². The van der Waals surface area contributed by atoms with E-state index in [-0.39, 0.29) is 0 Å². The fraction of sp³-hybridized carbons (Fsp3) is 0.0714. The van der Waals surface area contributed by atoms with Crippen molar-refractivity contribution >= 4 is 27.0 Å². The van der Waals surface area contributed by atoms with E-state index < -0.39 is 0 Å². The summed E-state index contributed by atoms with van der Waals surface area (Å²) >= 11 is 3.45. The molecular formula is C14H10BrNO2. The van der Waals surface area contributed by atoms with Gasteiger partial charge in [-0.1, -0.05) is 12.1 Å². The van der Waals surface area contributed by atoms with Gasteiger partial charge >= 0.3 is 0 Å². The summed E-state index contributed by atoms with van der Waals surface area (Å²) in [7, 11) is 1.64. The van der Waals surface area contributed by atoms with Gasteiger partial charge in [0.1, 0.15) is 11.3 Å². The van der Waals surface area contributed by atoms with Crippen LogP contribution in [0.25, 0.3) is 22.6 Å². The first-order valence-electron chi connectivity index (χ1n) is 5.47. The number of methoxy groups -OCH3 is 1. The molecule has 0 unspecified atom stereocenters. The number of hydrogen-bond donors (Lipinski definition) is 0. The Labute approximate surface area is 113 Å². The average Bonchev–Trinajstić information content (AvgIpc) is 2.82. The first-order chi connectivity index (χ1) is 8.78. The van der Waals surface area contributed by atoms with E-state index in [9.17, 15) is 0 Å². The summed E-state index contributed by atoms with van der Waals surface area (Å²) in [6, 6.07) is 13.5. The molecule has 0 atom stereocenters. The topological polar surface area (TPSA) is 35.3 Å². The second kappa shape index (κ2) is 4.46. The number of rotatable bonds is 2. The molecule has 0 radical (unpaired) electrons. The normalized spacial score (nSPS) is 10.8. The van der Waals surface area contributed by atoms with Crippen molar-refractivity contribution in [2.24, 2.45) is 0 Å². The van der Waals surface area contributed by atoms with Crippen LogP contribution in [0.5, 0.6) is 5.75 Å². The minimum absolute atomic E-state index is 0.611. The molecule has 3 aromatic rings. The average molecular weight is 304 g/mol. The van der Waals surface area contributed by atoms with Crippen LogP contribution in [0.1, 0.15) is 0 Å². The zero-order valence-corrected chi connectivity index (χ0v) is 11.3. The Morgan fingerprint density at radius 1 is 1.17 bits per heavy atom. The van der Waals surface area contributed by atoms with Crippen molar-refractivity contribution in [1.29, 1.82) is 0 Å². The molecule has 90 valence electrons. The van der Waals surface area contributed by atoms with Crippen molar-refractivity contribution in [3.05, 3.63) is 46.9 Å². The van der Waals surface area contributed by atoms with Gasteiger partial charge in [0.2, 0.25) is 5.89 Å². The van der Waals surface area contributed by atoms with Crippen molar-refractivity contribution in [2.45, 2.75) is 0 Å². The molecule has 0 spiro atoms. The highest BCUT2D eigenvalue weighted by molar-refractivity contribution is 9.10. The Balaban J connectivity index is 2.11. The minimum Gasteiger partial charge on any atom is -0.496 e. The van der Waals surface area contributed by atoms with Crippen LogP contribution in [-0.4, -0.2) is 12.1 Å². The molecule has 18 heavy (non-hydrogen) atoms. The quantitative estimate of drug-likeness (QED) is 0.709. The van der Waals surface area contributed by atoms with Crippen LogP contribution in [0.4, 0.5) is 0 Å². The lowest BCUT2D eigenvalue weighted by Crippen LogP contribution is -1.85. The van der Waals surface area contributed by atoms with Gasteiger partial charge in [0, 0.05) is 5.56 Å². The van der Waals surface area contributed by atoms with Crippen LogP contribution in [0.3, 0.4) is 0 Å². The van der Waals surface area contributed by atoms with Crippen LogP contribution in [0.15, 0.2) is 51.4 Å². The lowest BCUT2D eigenvalue weighted by atomic mass is 10.2. The van der Waals surface area contributed by atoms with E-state index in [4.69, 9.17) is 9.15 Å². The minimum atomic E-state index is 0.611. The Kier molecular flexibility index (Phi) is 2.80. The molecule has 0 bridgehead atoms. The highest BCUT2D eigenvalue weighted by Crippen LogP contribution is 2.31. The fourth-order valence-corrected chi connectivity index (χ4v) is 2.34. The Bertz CT molecular complexity index is 673. The van der Waals surface area contributed by atoms with E-state index in [0.717, 1.165) is 26.9 Å². The standard InChI is InChI=1S/C14H10BrNO2/c1-17-12-7-6-9(8-10(12)15)14-16-11-4-2-3-5-13(11)18-14/h2-8H,1H3. The number of halogens is 1. The molecule has 0 N–H and O–H groups in total. The molecule has 0 aliphatic rings. The molecule has 0 aliphatic carbocycles. The molecule has 3 nitrogen and oxygen atoms in total. The number of fused-ring (bicyclic) bond motifs is 1. The Morgan fingerprint density at radius 3 is 2.72 bits per heavy atom. The second-order valence-electron chi connectivity index (χ2n) is 3.84. The Morgan fingerprint density at radius 2 is 2.00 bits per heavy atom. The van der Waals surface area contributed by atoms with Gasteiger partial charge in [-0.2, -0.15) is 0 Å². The van der Waals surface area contributed by atoms with Gasteiger partial charge in [-0.3, -0.25) is 0 Å². The smallest absolute Gasteiger partial charge is 0.227 e. The summed E-state index contributed by atoms with van der Waals surface area (Å²) in [4.78, 5) is 4.45. The molecule has 0 saturated heterocycles. The number of aromatic nitrogens is 1. The first-order valence-corrected chi connectivity index (χ1v) is 6.27. The summed E-state index contributed by atoms with van der Waals surface area (Å²) in [6.45, 7) is 0. The number of ether oxygens (including phenoxy) is 1. The zero-order chi connectivity index (χ0) is 12.5. The van der Waals surface area contributed by atoms with Crippen LogP contribution in [0, 0.1) is 0 Å². The van der Waals surface area contributed by atoms with Gasteiger partial charge in [-0.25, -0.2) is 4.98 Å². The van der Waals surface area contributed by atoms with E-state index in [1.807, 2.05) is 42.5 Å². The number of nitrogens with zero attached hydrogens (tertiary/aromatic N) is 1. The SMILES string of the molecule is COc1ccc(-c2nc3ccccc3o2)cc1Br. The van der Waals surface area contributed by atoms with Gasteiger partial charge in [-0.05, 0) is 46.3 Å². The van der Waals surface area contributed by atoms with Gasteiger partial charge in [0.05, 0.1) is 11.6 Å². The van der Waals surface area contributed by atoms with E-state index >= 15 is 0 Å². The molecule has 0 saturated carbocycles. The maximum atomic E-state index is 5.71. The van der Waals surface area contributed by atoms with Crippen LogP contribution in [-0.2, 0) is 0 Å². The van der Waals surface area contributed by atoms with E-state index in [1.165, 1.54) is 0 Å². The number of oxazole rings is 1. The fourth-order valence-electron chi connectivity index (χ4n) is 1.80.